The molecule has 9 rings (SSSR count). The van der Waals surface area contributed by atoms with Gasteiger partial charge in [-0.3, -0.25) is 4.57 Å². The lowest BCUT2D eigenvalue weighted by Gasteiger charge is -2.19. The third-order valence-electron chi connectivity index (χ3n) is 9.18. The summed E-state index contributed by atoms with van der Waals surface area (Å²) in [6, 6.07) is 65.1. The maximum Gasteiger partial charge on any atom is 0.145 e. The molecule has 1 heterocycles. The molecular weight excluding hydrogens is 569 g/mol. The first kappa shape index (κ1) is 27.1. The van der Waals surface area contributed by atoms with Crippen molar-refractivity contribution in [1.82, 2.24) is 9.55 Å². The predicted molar refractivity (Wildman–Crippen MR) is 198 cm³/mol. The molecule has 0 amide bonds. The van der Waals surface area contributed by atoms with Crippen LogP contribution < -0.4 is 0 Å². The van der Waals surface area contributed by atoms with Crippen LogP contribution >= 0.6 is 0 Å². The first-order valence-corrected chi connectivity index (χ1v) is 16.1. The molecule has 0 radical (unpaired) electrons. The fourth-order valence-electron chi connectivity index (χ4n) is 7.10. The highest BCUT2D eigenvalue weighted by Crippen LogP contribution is 2.44. The van der Waals surface area contributed by atoms with E-state index in [1.807, 2.05) is 0 Å². The van der Waals surface area contributed by atoms with Gasteiger partial charge in [0.25, 0.3) is 0 Å². The van der Waals surface area contributed by atoms with Crippen molar-refractivity contribution in [1.29, 1.82) is 0 Å². The maximum atomic E-state index is 5.10. The molecule has 0 unspecified atom stereocenters. The van der Waals surface area contributed by atoms with Gasteiger partial charge in [-0.15, -0.1) is 0 Å². The number of hydrogen-bond donors (Lipinski definition) is 0. The van der Waals surface area contributed by atoms with Crippen LogP contribution in [-0.4, -0.2) is 9.55 Å². The molecule has 0 saturated heterocycles. The summed E-state index contributed by atoms with van der Waals surface area (Å²) in [5, 5.41) is 4.97. The van der Waals surface area contributed by atoms with E-state index in [0.29, 0.717) is 0 Å². The molecule has 0 aliphatic carbocycles. The highest BCUT2D eigenvalue weighted by Gasteiger charge is 2.19. The van der Waals surface area contributed by atoms with Gasteiger partial charge >= 0.3 is 0 Å². The zero-order valence-corrected chi connectivity index (χ0v) is 25.7. The highest BCUT2D eigenvalue weighted by atomic mass is 15.1. The zero-order chi connectivity index (χ0) is 31.2. The molecule has 0 saturated carbocycles. The summed E-state index contributed by atoms with van der Waals surface area (Å²) in [6.45, 7) is 0. The zero-order valence-electron chi connectivity index (χ0n) is 25.7. The number of para-hydroxylation sites is 2. The Kier molecular flexibility index (Phi) is 6.50. The molecular formula is C45H30N2. The second-order valence-electron chi connectivity index (χ2n) is 12.0. The largest absolute Gasteiger partial charge is 0.292 e. The number of hydrogen-bond acceptors (Lipinski definition) is 1. The first-order chi connectivity index (χ1) is 23.3. The van der Waals surface area contributed by atoms with Crippen LogP contribution in [0.25, 0.3) is 83.0 Å². The predicted octanol–water partition coefficient (Wildman–Crippen LogP) is 12.0. The Labute approximate surface area is 273 Å². The molecule has 0 N–H and O–H groups in total. The van der Waals surface area contributed by atoms with Crippen molar-refractivity contribution >= 4 is 32.6 Å². The molecule has 8 aromatic carbocycles. The summed E-state index contributed by atoms with van der Waals surface area (Å²) in [7, 11) is 0. The molecule has 2 nitrogen and oxygen atoms in total. The van der Waals surface area contributed by atoms with E-state index in [1.165, 1.54) is 54.9 Å². The molecule has 0 aliphatic rings. The minimum atomic E-state index is 0.937. The Morgan fingerprint density at radius 3 is 1.45 bits per heavy atom. The lowest BCUT2D eigenvalue weighted by molar-refractivity contribution is 1.10. The lowest BCUT2D eigenvalue weighted by atomic mass is 9.85. The summed E-state index contributed by atoms with van der Waals surface area (Å²) in [5.41, 5.74) is 11.6. The van der Waals surface area contributed by atoms with Crippen LogP contribution in [-0.2, 0) is 0 Å². The van der Waals surface area contributed by atoms with Crippen molar-refractivity contribution in [2.24, 2.45) is 0 Å². The Morgan fingerprint density at radius 1 is 0.340 bits per heavy atom. The van der Waals surface area contributed by atoms with Gasteiger partial charge in [-0.1, -0.05) is 152 Å². The van der Waals surface area contributed by atoms with Crippen LogP contribution in [0.2, 0.25) is 0 Å². The lowest BCUT2D eigenvalue weighted by Crippen LogP contribution is -1.98. The van der Waals surface area contributed by atoms with Gasteiger partial charge in [0.1, 0.15) is 5.82 Å². The van der Waals surface area contributed by atoms with Crippen molar-refractivity contribution < 1.29 is 0 Å². The molecule has 2 heteroatoms. The van der Waals surface area contributed by atoms with Crippen LogP contribution in [0, 0.1) is 0 Å². The van der Waals surface area contributed by atoms with E-state index >= 15 is 0 Å². The highest BCUT2D eigenvalue weighted by molar-refractivity contribution is 6.21. The van der Waals surface area contributed by atoms with Crippen molar-refractivity contribution in [2.45, 2.75) is 0 Å². The van der Waals surface area contributed by atoms with Gasteiger partial charge in [0.05, 0.1) is 11.0 Å². The molecule has 0 fully saturated rings. The fraction of sp³-hybridized carbons (Fsp3) is 0. The van der Waals surface area contributed by atoms with Crippen LogP contribution in [0.4, 0.5) is 0 Å². The van der Waals surface area contributed by atoms with E-state index in [2.05, 4.69) is 187 Å². The Morgan fingerprint density at radius 2 is 0.809 bits per heavy atom. The topological polar surface area (TPSA) is 17.8 Å². The van der Waals surface area contributed by atoms with Crippen molar-refractivity contribution in [2.75, 3.05) is 0 Å². The van der Waals surface area contributed by atoms with Crippen LogP contribution in [0.1, 0.15) is 0 Å². The Bertz CT molecular complexity index is 2500. The number of benzene rings is 8. The smallest absolute Gasteiger partial charge is 0.145 e. The molecule has 0 spiro atoms. The second kappa shape index (κ2) is 11.3. The third-order valence-corrected chi connectivity index (χ3v) is 9.18. The Balaban J connectivity index is 1.29. The average Bonchev–Trinajstić information content (AvgIpc) is 3.54. The maximum absolute atomic E-state index is 5.10. The molecule has 47 heavy (non-hydrogen) atoms. The van der Waals surface area contributed by atoms with E-state index in [-0.39, 0.29) is 0 Å². The van der Waals surface area contributed by atoms with Crippen LogP contribution in [0.3, 0.4) is 0 Å². The van der Waals surface area contributed by atoms with Gasteiger partial charge in [-0.25, -0.2) is 4.98 Å². The van der Waals surface area contributed by atoms with E-state index in [1.54, 1.807) is 0 Å². The van der Waals surface area contributed by atoms with Gasteiger partial charge in [-0.2, -0.15) is 0 Å². The number of fused-ring (bicyclic) bond motifs is 3. The molecule has 220 valence electrons. The summed E-state index contributed by atoms with van der Waals surface area (Å²) in [4.78, 5) is 5.10. The van der Waals surface area contributed by atoms with Gasteiger partial charge in [0, 0.05) is 11.3 Å². The number of aromatic nitrogens is 2. The van der Waals surface area contributed by atoms with E-state index in [9.17, 15) is 0 Å². The molecule has 0 bridgehead atoms. The van der Waals surface area contributed by atoms with Crippen molar-refractivity contribution in [3.63, 3.8) is 0 Å². The summed E-state index contributed by atoms with van der Waals surface area (Å²) in [5.74, 6) is 0.937. The van der Waals surface area contributed by atoms with E-state index in [4.69, 9.17) is 4.98 Å². The average molecular weight is 599 g/mol. The molecule has 1 aromatic heterocycles. The van der Waals surface area contributed by atoms with E-state index in [0.717, 1.165) is 28.1 Å². The van der Waals surface area contributed by atoms with Crippen LogP contribution in [0.5, 0.6) is 0 Å². The molecule has 0 aliphatic heterocycles. The van der Waals surface area contributed by atoms with E-state index < -0.39 is 0 Å². The monoisotopic (exact) mass is 598 g/mol. The van der Waals surface area contributed by atoms with Gasteiger partial charge in [0.2, 0.25) is 0 Å². The second-order valence-corrected chi connectivity index (χ2v) is 12.0. The number of nitrogens with zero attached hydrogens (tertiary/aromatic N) is 2. The van der Waals surface area contributed by atoms with Crippen molar-refractivity contribution in [3.05, 3.63) is 182 Å². The van der Waals surface area contributed by atoms with Crippen molar-refractivity contribution in [3.8, 4) is 50.5 Å². The molecule has 9 aromatic rings. The quantitative estimate of drug-likeness (QED) is 0.180. The van der Waals surface area contributed by atoms with Gasteiger partial charge < -0.3 is 0 Å². The minimum Gasteiger partial charge on any atom is -0.292 e. The summed E-state index contributed by atoms with van der Waals surface area (Å²) < 4.78 is 2.29. The standard InChI is InChI=1S/C45H30N2/c1-3-15-31(16-4-1)33-19-13-20-34(29-33)43-37-23-7-9-25-39(37)44(40-26-10-8-24-38(40)43)35-21-14-22-36(30-35)47-42-28-12-11-27-41(42)46-45(47)32-17-5-2-6-18-32/h1-30H. The number of imidazole rings is 1. The first-order valence-electron chi connectivity index (χ1n) is 16.1. The summed E-state index contributed by atoms with van der Waals surface area (Å²) >= 11 is 0. The van der Waals surface area contributed by atoms with Gasteiger partial charge in [0.15, 0.2) is 0 Å². The summed E-state index contributed by atoms with van der Waals surface area (Å²) in [6.07, 6.45) is 0. The van der Waals surface area contributed by atoms with Gasteiger partial charge in [-0.05, 0) is 85.3 Å². The Hall–Kier alpha value is -6.25. The third kappa shape index (κ3) is 4.62. The SMILES string of the molecule is c1ccc(-c2cccc(-c3c4ccccc4c(-c4cccc(-n5c(-c6ccccc6)nc6ccccc65)c4)c4ccccc34)c2)cc1. The fourth-order valence-corrected chi connectivity index (χ4v) is 7.10. The number of rotatable bonds is 5. The normalized spacial score (nSPS) is 11.4. The van der Waals surface area contributed by atoms with Crippen LogP contribution in [0.15, 0.2) is 182 Å². The molecule has 0 atom stereocenters. The minimum absolute atomic E-state index is 0.937.